The standard InChI is InChI=1S/C23H20N2O4/c1-28-20-14-8-13-19(15-20)24-25-22(18-11-6-3-7-12-18)23(27)29-16-21(26)17-9-4-2-5-10-17/h2-15,24H,16H2,1H3/b25-22-. The van der Waals surface area contributed by atoms with E-state index in [4.69, 9.17) is 9.47 Å². The molecule has 0 aliphatic heterocycles. The Morgan fingerprint density at radius 2 is 1.52 bits per heavy atom. The summed E-state index contributed by atoms with van der Waals surface area (Å²) >= 11 is 0. The molecule has 1 N–H and O–H groups in total. The van der Waals surface area contributed by atoms with E-state index in [0.717, 1.165) is 0 Å². The van der Waals surface area contributed by atoms with Crippen molar-refractivity contribution in [3.8, 4) is 5.75 Å². The molecule has 0 fully saturated rings. The fourth-order valence-electron chi connectivity index (χ4n) is 2.54. The van der Waals surface area contributed by atoms with Gasteiger partial charge in [-0.25, -0.2) is 4.79 Å². The molecule has 0 aromatic heterocycles. The largest absolute Gasteiger partial charge is 0.497 e. The predicted octanol–water partition coefficient (Wildman–Crippen LogP) is 3.94. The van der Waals surface area contributed by atoms with E-state index in [-0.39, 0.29) is 18.1 Å². The minimum Gasteiger partial charge on any atom is -0.497 e. The Bertz CT molecular complexity index is 1000. The normalized spacial score (nSPS) is 10.9. The molecule has 3 aromatic carbocycles. The van der Waals surface area contributed by atoms with Gasteiger partial charge in [-0.15, -0.1) is 0 Å². The number of Topliss-reactive ketones (excluding diaryl/α,β-unsaturated/α-hetero) is 1. The van der Waals surface area contributed by atoms with Crippen molar-refractivity contribution >= 4 is 23.2 Å². The third-order valence-electron chi connectivity index (χ3n) is 4.04. The topological polar surface area (TPSA) is 77.0 Å². The molecule has 0 saturated carbocycles. The molecule has 6 heteroatoms. The zero-order chi connectivity index (χ0) is 20.5. The molecule has 0 unspecified atom stereocenters. The number of ether oxygens (including phenoxy) is 2. The maximum Gasteiger partial charge on any atom is 0.359 e. The van der Waals surface area contributed by atoms with Gasteiger partial charge in [0.05, 0.1) is 12.8 Å². The molecule has 0 aliphatic rings. The van der Waals surface area contributed by atoms with Crippen molar-refractivity contribution in [1.29, 1.82) is 0 Å². The van der Waals surface area contributed by atoms with Crippen molar-refractivity contribution in [2.24, 2.45) is 5.10 Å². The number of nitrogens with one attached hydrogen (secondary N) is 1. The van der Waals surface area contributed by atoms with Gasteiger partial charge in [-0.05, 0) is 12.1 Å². The minimum atomic E-state index is -0.698. The van der Waals surface area contributed by atoms with Crippen LogP contribution in [-0.4, -0.2) is 31.2 Å². The van der Waals surface area contributed by atoms with Gasteiger partial charge in [0.2, 0.25) is 0 Å². The van der Waals surface area contributed by atoms with Crippen LogP contribution in [0.4, 0.5) is 5.69 Å². The van der Waals surface area contributed by atoms with E-state index < -0.39 is 5.97 Å². The molecule has 0 spiro atoms. The zero-order valence-corrected chi connectivity index (χ0v) is 15.9. The van der Waals surface area contributed by atoms with Gasteiger partial charge >= 0.3 is 5.97 Å². The van der Waals surface area contributed by atoms with Crippen molar-refractivity contribution in [3.05, 3.63) is 96.1 Å². The van der Waals surface area contributed by atoms with Crippen LogP contribution in [0.2, 0.25) is 0 Å². The lowest BCUT2D eigenvalue weighted by Gasteiger charge is -2.09. The zero-order valence-electron chi connectivity index (χ0n) is 15.9. The summed E-state index contributed by atoms with van der Waals surface area (Å²) in [5.41, 5.74) is 4.60. The van der Waals surface area contributed by atoms with Gasteiger partial charge in [0.1, 0.15) is 5.75 Å². The van der Waals surface area contributed by atoms with Gasteiger partial charge < -0.3 is 9.47 Å². The van der Waals surface area contributed by atoms with Crippen LogP contribution in [0.3, 0.4) is 0 Å². The number of esters is 1. The smallest absolute Gasteiger partial charge is 0.359 e. The van der Waals surface area contributed by atoms with Gasteiger partial charge in [0.25, 0.3) is 0 Å². The van der Waals surface area contributed by atoms with Gasteiger partial charge in [-0.2, -0.15) is 5.10 Å². The van der Waals surface area contributed by atoms with E-state index in [9.17, 15) is 9.59 Å². The average Bonchev–Trinajstić information content (AvgIpc) is 2.79. The second-order valence-corrected chi connectivity index (χ2v) is 6.04. The predicted molar refractivity (Wildman–Crippen MR) is 111 cm³/mol. The summed E-state index contributed by atoms with van der Waals surface area (Å²) < 4.78 is 10.4. The molecule has 3 rings (SSSR count). The lowest BCUT2D eigenvalue weighted by molar-refractivity contribution is -0.134. The van der Waals surface area contributed by atoms with Crippen molar-refractivity contribution in [2.45, 2.75) is 0 Å². The number of hydrogen-bond acceptors (Lipinski definition) is 6. The Balaban J connectivity index is 1.76. The first kappa shape index (κ1) is 19.8. The highest BCUT2D eigenvalue weighted by Crippen LogP contribution is 2.17. The minimum absolute atomic E-state index is 0.0641. The van der Waals surface area contributed by atoms with Crippen molar-refractivity contribution < 1.29 is 19.1 Å². The Kier molecular flexibility index (Phi) is 6.73. The van der Waals surface area contributed by atoms with E-state index in [1.165, 1.54) is 0 Å². The van der Waals surface area contributed by atoms with E-state index in [1.807, 2.05) is 12.1 Å². The number of anilines is 1. The summed E-state index contributed by atoms with van der Waals surface area (Å²) in [5.74, 6) is -0.328. The highest BCUT2D eigenvalue weighted by atomic mass is 16.5. The Hall–Kier alpha value is -3.93. The molecule has 0 radical (unpaired) electrons. The van der Waals surface area contributed by atoms with E-state index >= 15 is 0 Å². The number of benzene rings is 3. The average molecular weight is 388 g/mol. The molecular weight excluding hydrogens is 368 g/mol. The van der Waals surface area contributed by atoms with Crippen molar-refractivity contribution in [1.82, 2.24) is 0 Å². The van der Waals surface area contributed by atoms with E-state index in [2.05, 4.69) is 10.5 Å². The van der Waals surface area contributed by atoms with Crippen molar-refractivity contribution in [2.75, 3.05) is 19.1 Å². The Morgan fingerprint density at radius 3 is 2.17 bits per heavy atom. The third-order valence-corrected chi connectivity index (χ3v) is 4.04. The number of carbonyl (C=O) groups excluding carboxylic acids is 2. The number of carbonyl (C=O) groups is 2. The van der Waals surface area contributed by atoms with Crippen LogP contribution in [0, 0.1) is 0 Å². The fourth-order valence-corrected chi connectivity index (χ4v) is 2.54. The first-order valence-corrected chi connectivity index (χ1v) is 8.96. The molecule has 0 bridgehead atoms. The molecule has 0 amide bonds. The second-order valence-electron chi connectivity index (χ2n) is 6.04. The molecule has 0 heterocycles. The monoisotopic (exact) mass is 388 g/mol. The summed E-state index contributed by atoms with van der Waals surface area (Å²) in [6.07, 6.45) is 0. The lowest BCUT2D eigenvalue weighted by atomic mass is 10.1. The summed E-state index contributed by atoms with van der Waals surface area (Å²) in [6.45, 7) is -0.367. The maximum absolute atomic E-state index is 12.7. The number of hydrazone groups is 1. The van der Waals surface area contributed by atoms with Gasteiger partial charge in [0, 0.05) is 17.2 Å². The molecule has 146 valence electrons. The van der Waals surface area contributed by atoms with Gasteiger partial charge in [-0.1, -0.05) is 66.7 Å². The molecule has 29 heavy (non-hydrogen) atoms. The quantitative estimate of drug-likeness (QED) is 0.274. The maximum atomic E-state index is 12.7. The number of rotatable bonds is 8. The van der Waals surface area contributed by atoms with Crippen LogP contribution >= 0.6 is 0 Å². The van der Waals surface area contributed by atoms with Crippen LogP contribution in [0.25, 0.3) is 0 Å². The number of nitrogens with zero attached hydrogens (tertiary/aromatic N) is 1. The SMILES string of the molecule is COc1cccc(N/N=C(\C(=O)OCC(=O)c2ccccc2)c2ccccc2)c1. The molecule has 3 aromatic rings. The number of ketones is 1. The Labute approximate surface area is 168 Å². The van der Waals surface area contributed by atoms with Crippen LogP contribution in [0.1, 0.15) is 15.9 Å². The summed E-state index contributed by atoms with van der Waals surface area (Å²) in [6, 6.07) is 24.7. The van der Waals surface area contributed by atoms with E-state index in [0.29, 0.717) is 22.6 Å². The molecule has 0 atom stereocenters. The second kappa shape index (κ2) is 9.85. The molecule has 0 saturated heterocycles. The number of methoxy groups -OCH3 is 1. The Morgan fingerprint density at radius 1 is 0.862 bits per heavy atom. The van der Waals surface area contributed by atoms with Crippen molar-refractivity contribution in [3.63, 3.8) is 0 Å². The molecule has 6 nitrogen and oxygen atoms in total. The number of hydrogen-bond donors (Lipinski definition) is 1. The molecular formula is C23H20N2O4. The molecule has 0 aliphatic carbocycles. The fraction of sp³-hybridized carbons (Fsp3) is 0.0870. The first-order valence-electron chi connectivity index (χ1n) is 8.96. The summed E-state index contributed by atoms with van der Waals surface area (Å²) in [5, 5.41) is 4.22. The van der Waals surface area contributed by atoms with Crippen LogP contribution < -0.4 is 10.2 Å². The van der Waals surface area contributed by atoms with Crippen LogP contribution in [0.5, 0.6) is 5.75 Å². The summed E-state index contributed by atoms with van der Waals surface area (Å²) in [4.78, 5) is 24.9. The highest BCUT2D eigenvalue weighted by Gasteiger charge is 2.18. The van der Waals surface area contributed by atoms with E-state index in [1.54, 1.807) is 79.9 Å². The van der Waals surface area contributed by atoms with Gasteiger partial charge in [0.15, 0.2) is 18.1 Å². The van der Waals surface area contributed by atoms with Crippen LogP contribution in [-0.2, 0) is 9.53 Å². The van der Waals surface area contributed by atoms with Gasteiger partial charge in [-0.3, -0.25) is 10.2 Å². The first-order chi connectivity index (χ1) is 14.2. The van der Waals surface area contributed by atoms with Crippen LogP contribution in [0.15, 0.2) is 90.0 Å². The third kappa shape index (κ3) is 5.52. The highest BCUT2D eigenvalue weighted by molar-refractivity contribution is 6.43. The lowest BCUT2D eigenvalue weighted by Crippen LogP contribution is -2.23. The summed E-state index contributed by atoms with van der Waals surface area (Å²) in [7, 11) is 1.57.